The summed E-state index contributed by atoms with van der Waals surface area (Å²) in [6.07, 6.45) is 7.43. The Morgan fingerprint density at radius 2 is 1.94 bits per heavy atom. The van der Waals surface area contributed by atoms with Gasteiger partial charge in [-0.15, -0.1) is 0 Å². The van der Waals surface area contributed by atoms with Gasteiger partial charge in [0.2, 0.25) is 0 Å². The van der Waals surface area contributed by atoms with Crippen LogP contribution in [0.5, 0.6) is 0 Å². The van der Waals surface area contributed by atoms with Crippen LogP contribution in [0.3, 0.4) is 0 Å². The highest BCUT2D eigenvalue weighted by Gasteiger charge is 2.07. The van der Waals surface area contributed by atoms with Crippen molar-refractivity contribution in [2.24, 2.45) is 0 Å². The van der Waals surface area contributed by atoms with Crippen LogP contribution in [-0.4, -0.2) is 36.1 Å². The molecule has 1 saturated heterocycles. The molecule has 0 bridgehead atoms. The lowest BCUT2D eigenvalue weighted by Crippen LogP contribution is -2.32. The van der Waals surface area contributed by atoms with Crippen LogP contribution in [0.2, 0.25) is 0 Å². The minimum atomic E-state index is 0.884. The molecule has 94 valence electrons. The van der Waals surface area contributed by atoms with Crippen LogP contribution in [0.25, 0.3) is 0 Å². The number of nitrogens with one attached hydrogen (secondary N) is 1. The second kappa shape index (κ2) is 7.41. The van der Waals surface area contributed by atoms with Crippen molar-refractivity contribution in [2.75, 3.05) is 26.2 Å². The standard InChI is InChI=1S/C14H23N3/c1-2-6-11-17(10-5-1)12-9-15-13-14-7-3-4-8-16-14/h3-4,7-8,15H,1-2,5-6,9-13H2. The third-order valence-electron chi connectivity index (χ3n) is 3.34. The molecule has 0 atom stereocenters. The Bertz CT molecular complexity index is 292. The molecule has 0 unspecified atom stereocenters. The molecular weight excluding hydrogens is 210 g/mol. The van der Waals surface area contributed by atoms with E-state index in [1.165, 1.54) is 45.3 Å². The fraction of sp³-hybridized carbons (Fsp3) is 0.643. The molecule has 0 radical (unpaired) electrons. The van der Waals surface area contributed by atoms with Gasteiger partial charge in [-0.3, -0.25) is 4.98 Å². The number of nitrogens with zero attached hydrogens (tertiary/aromatic N) is 2. The fourth-order valence-corrected chi connectivity index (χ4v) is 2.32. The molecule has 0 aliphatic carbocycles. The smallest absolute Gasteiger partial charge is 0.0541 e. The molecule has 1 aromatic heterocycles. The van der Waals surface area contributed by atoms with Crippen LogP contribution in [-0.2, 0) is 6.54 Å². The van der Waals surface area contributed by atoms with Crippen LogP contribution in [0.15, 0.2) is 24.4 Å². The van der Waals surface area contributed by atoms with Crippen molar-refractivity contribution in [3.05, 3.63) is 30.1 Å². The van der Waals surface area contributed by atoms with Crippen molar-refractivity contribution < 1.29 is 0 Å². The zero-order valence-corrected chi connectivity index (χ0v) is 10.6. The lowest BCUT2D eigenvalue weighted by Gasteiger charge is -2.19. The van der Waals surface area contributed by atoms with Gasteiger partial charge in [-0.2, -0.15) is 0 Å². The summed E-state index contributed by atoms with van der Waals surface area (Å²) in [5, 5.41) is 3.47. The summed E-state index contributed by atoms with van der Waals surface area (Å²) in [5.41, 5.74) is 1.13. The summed E-state index contributed by atoms with van der Waals surface area (Å²) < 4.78 is 0. The first-order valence-electron chi connectivity index (χ1n) is 6.78. The highest BCUT2D eigenvalue weighted by Crippen LogP contribution is 2.08. The molecule has 1 aromatic rings. The average molecular weight is 233 g/mol. The Morgan fingerprint density at radius 3 is 2.65 bits per heavy atom. The van der Waals surface area contributed by atoms with Crippen molar-refractivity contribution in [2.45, 2.75) is 32.2 Å². The summed E-state index contributed by atoms with van der Waals surface area (Å²) in [4.78, 5) is 6.88. The number of rotatable bonds is 5. The van der Waals surface area contributed by atoms with Crippen LogP contribution in [0.1, 0.15) is 31.4 Å². The molecule has 0 amide bonds. The first-order valence-corrected chi connectivity index (χ1v) is 6.78. The third kappa shape index (κ3) is 4.84. The molecule has 1 aliphatic heterocycles. The summed E-state index contributed by atoms with van der Waals surface area (Å²) in [6, 6.07) is 6.07. The minimum absolute atomic E-state index is 0.884. The summed E-state index contributed by atoms with van der Waals surface area (Å²) in [6.45, 7) is 5.69. The first kappa shape index (κ1) is 12.5. The SMILES string of the molecule is c1ccc(CNCCN2CCCCCC2)nc1. The molecule has 3 heteroatoms. The van der Waals surface area contributed by atoms with Gasteiger partial charge in [0.25, 0.3) is 0 Å². The molecular formula is C14H23N3. The monoisotopic (exact) mass is 233 g/mol. The second-order valence-electron chi connectivity index (χ2n) is 4.75. The van der Waals surface area contributed by atoms with E-state index in [2.05, 4.69) is 21.3 Å². The van der Waals surface area contributed by atoms with Gasteiger partial charge in [-0.1, -0.05) is 18.9 Å². The number of likely N-dealkylation sites (tertiary alicyclic amines) is 1. The van der Waals surface area contributed by atoms with E-state index >= 15 is 0 Å². The van der Waals surface area contributed by atoms with Crippen molar-refractivity contribution in [1.29, 1.82) is 0 Å². The zero-order valence-electron chi connectivity index (χ0n) is 10.6. The Morgan fingerprint density at radius 1 is 1.12 bits per heavy atom. The van der Waals surface area contributed by atoms with Crippen molar-refractivity contribution in [3.63, 3.8) is 0 Å². The van der Waals surface area contributed by atoms with Gasteiger partial charge in [0, 0.05) is 25.8 Å². The summed E-state index contributed by atoms with van der Waals surface area (Å²) >= 11 is 0. The van der Waals surface area contributed by atoms with Crippen LogP contribution >= 0.6 is 0 Å². The molecule has 1 N–H and O–H groups in total. The lowest BCUT2D eigenvalue weighted by atomic mass is 10.2. The van der Waals surface area contributed by atoms with E-state index in [1.807, 2.05) is 18.3 Å². The fourth-order valence-electron chi connectivity index (χ4n) is 2.32. The van der Waals surface area contributed by atoms with E-state index in [-0.39, 0.29) is 0 Å². The highest BCUT2D eigenvalue weighted by atomic mass is 15.1. The molecule has 0 saturated carbocycles. The molecule has 0 aromatic carbocycles. The molecule has 2 rings (SSSR count). The molecule has 2 heterocycles. The third-order valence-corrected chi connectivity index (χ3v) is 3.34. The van der Waals surface area contributed by atoms with Gasteiger partial charge in [-0.05, 0) is 38.1 Å². The number of hydrogen-bond acceptors (Lipinski definition) is 3. The van der Waals surface area contributed by atoms with Crippen LogP contribution in [0, 0.1) is 0 Å². The molecule has 3 nitrogen and oxygen atoms in total. The van der Waals surface area contributed by atoms with Gasteiger partial charge < -0.3 is 10.2 Å². The number of hydrogen-bond donors (Lipinski definition) is 1. The van der Waals surface area contributed by atoms with Crippen molar-refractivity contribution in [3.8, 4) is 0 Å². The normalized spacial score (nSPS) is 17.9. The summed E-state index contributed by atoms with van der Waals surface area (Å²) in [5.74, 6) is 0. The van der Waals surface area contributed by atoms with Gasteiger partial charge in [0.05, 0.1) is 5.69 Å². The number of pyridine rings is 1. The quantitative estimate of drug-likeness (QED) is 0.789. The molecule has 17 heavy (non-hydrogen) atoms. The highest BCUT2D eigenvalue weighted by molar-refractivity contribution is 5.02. The van der Waals surface area contributed by atoms with E-state index in [0.717, 1.165) is 18.8 Å². The van der Waals surface area contributed by atoms with E-state index in [4.69, 9.17) is 0 Å². The maximum absolute atomic E-state index is 4.30. The Balaban J connectivity index is 1.59. The van der Waals surface area contributed by atoms with E-state index in [9.17, 15) is 0 Å². The predicted molar refractivity (Wildman–Crippen MR) is 70.9 cm³/mol. The van der Waals surface area contributed by atoms with Gasteiger partial charge in [0.1, 0.15) is 0 Å². The van der Waals surface area contributed by atoms with Crippen molar-refractivity contribution in [1.82, 2.24) is 15.2 Å². The zero-order chi connectivity index (χ0) is 11.8. The maximum Gasteiger partial charge on any atom is 0.0541 e. The Labute approximate surface area is 104 Å². The van der Waals surface area contributed by atoms with Gasteiger partial charge in [-0.25, -0.2) is 0 Å². The Hall–Kier alpha value is -0.930. The van der Waals surface area contributed by atoms with E-state index < -0.39 is 0 Å². The number of aromatic nitrogens is 1. The van der Waals surface area contributed by atoms with Crippen molar-refractivity contribution >= 4 is 0 Å². The lowest BCUT2D eigenvalue weighted by molar-refractivity contribution is 0.284. The molecule has 1 fully saturated rings. The van der Waals surface area contributed by atoms with Crippen LogP contribution in [0.4, 0.5) is 0 Å². The summed E-state index contributed by atoms with van der Waals surface area (Å²) in [7, 11) is 0. The van der Waals surface area contributed by atoms with Gasteiger partial charge >= 0.3 is 0 Å². The predicted octanol–water partition coefficient (Wildman–Crippen LogP) is 2.05. The van der Waals surface area contributed by atoms with E-state index in [0.29, 0.717) is 0 Å². The largest absolute Gasteiger partial charge is 0.310 e. The first-order chi connectivity index (χ1) is 8.45. The second-order valence-corrected chi connectivity index (χ2v) is 4.75. The van der Waals surface area contributed by atoms with Gasteiger partial charge in [0.15, 0.2) is 0 Å². The van der Waals surface area contributed by atoms with Crippen LogP contribution < -0.4 is 5.32 Å². The molecule has 1 aliphatic rings. The minimum Gasteiger partial charge on any atom is -0.310 e. The topological polar surface area (TPSA) is 28.2 Å². The maximum atomic E-state index is 4.30. The van der Waals surface area contributed by atoms with E-state index in [1.54, 1.807) is 0 Å². The molecule has 0 spiro atoms. The Kier molecular flexibility index (Phi) is 5.46. The average Bonchev–Trinajstić information content (AvgIpc) is 2.65.